The lowest BCUT2D eigenvalue weighted by molar-refractivity contribution is -0.153. The van der Waals surface area contributed by atoms with Gasteiger partial charge < -0.3 is 9.84 Å². The van der Waals surface area contributed by atoms with Crippen molar-refractivity contribution in [2.24, 2.45) is 0 Å². The minimum absolute atomic E-state index is 0.00426. The molecule has 1 atom stereocenters. The van der Waals surface area contributed by atoms with Gasteiger partial charge in [0.2, 0.25) is 0 Å². The minimum atomic E-state index is -0.508. The molecule has 1 unspecified atom stereocenters. The van der Waals surface area contributed by atoms with Crippen molar-refractivity contribution in [3.8, 4) is 0 Å². The highest BCUT2D eigenvalue weighted by Gasteiger charge is 2.13. The van der Waals surface area contributed by atoms with Gasteiger partial charge in [-0.15, -0.1) is 0 Å². The van der Waals surface area contributed by atoms with Gasteiger partial charge in [-0.05, 0) is 32.1 Å². The fourth-order valence-electron chi connectivity index (χ4n) is 1.47. The first-order valence-electron chi connectivity index (χ1n) is 4.78. The summed E-state index contributed by atoms with van der Waals surface area (Å²) >= 11 is 0. The summed E-state index contributed by atoms with van der Waals surface area (Å²) < 4.78 is 5.05. The topological polar surface area (TPSA) is 46.5 Å². The van der Waals surface area contributed by atoms with Crippen LogP contribution < -0.4 is 0 Å². The van der Waals surface area contributed by atoms with E-state index in [4.69, 9.17) is 9.84 Å². The lowest BCUT2D eigenvalue weighted by Crippen LogP contribution is -2.20. The van der Waals surface area contributed by atoms with Crippen molar-refractivity contribution < 1.29 is 14.6 Å². The van der Waals surface area contributed by atoms with Gasteiger partial charge in [0.1, 0.15) is 12.7 Å². The largest absolute Gasteiger partial charge is 0.461 e. The third-order valence-electron chi connectivity index (χ3n) is 2.15. The second-order valence-corrected chi connectivity index (χ2v) is 3.25. The van der Waals surface area contributed by atoms with Crippen LogP contribution in [0, 0.1) is 0 Å². The van der Waals surface area contributed by atoms with E-state index in [-0.39, 0.29) is 6.10 Å². The first-order chi connectivity index (χ1) is 6.33. The van der Waals surface area contributed by atoms with Crippen LogP contribution in [0.2, 0.25) is 0 Å². The summed E-state index contributed by atoms with van der Waals surface area (Å²) in [6.45, 7) is -0.508. The van der Waals surface area contributed by atoms with Gasteiger partial charge in [0, 0.05) is 0 Å². The predicted molar refractivity (Wildman–Crippen MR) is 49.2 cm³/mol. The Labute approximate surface area is 78.4 Å². The normalized spacial score (nSPS) is 23.3. The van der Waals surface area contributed by atoms with E-state index in [1.54, 1.807) is 0 Å². The zero-order valence-corrected chi connectivity index (χ0v) is 7.74. The fourth-order valence-corrected chi connectivity index (χ4v) is 1.47. The van der Waals surface area contributed by atoms with E-state index in [0.717, 1.165) is 32.1 Å². The molecule has 0 aromatic carbocycles. The second kappa shape index (κ2) is 5.75. The summed E-state index contributed by atoms with van der Waals surface area (Å²) in [6.07, 6.45) is 9.17. The first-order valence-corrected chi connectivity index (χ1v) is 4.78. The smallest absolute Gasteiger partial charge is 0.332 e. The maximum Gasteiger partial charge on any atom is 0.332 e. The molecule has 0 fully saturated rings. The molecule has 3 nitrogen and oxygen atoms in total. The Morgan fingerprint density at radius 3 is 2.92 bits per heavy atom. The monoisotopic (exact) mass is 184 g/mol. The van der Waals surface area contributed by atoms with Gasteiger partial charge >= 0.3 is 5.97 Å². The Bertz CT molecular complexity index is 187. The van der Waals surface area contributed by atoms with E-state index in [9.17, 15) is 4.79 Å². The van der Waals surface area contributed by atoms with Gasteiger partial charge in [0.25, 0.3) is 0 Å². The van der Waals surface area contributed by atoms with Crippen LogP contribution in [0.15, 0.2) is 12.2 Å². The molecule has 74 valence electrons. The number of hydrogen-bond donors (Lipinski definition) is 1. The highest BCUT2D eigenvalue weighted by molar-refractivity contribution is 5.70. The lowest BCUT2D eigenvalue weighted by atomic mass is 10.0. The van der Waals surface area contributed by atoms with Crippen molar-refractivity contribution in [3.63, 3.8) is 0 Å². The van der Waals surface area contributed by atoms with E-state index in [1.807, 2.05) is 0 Å². The van der Waals surface area contributed by atoms with Crippen LogP contribution in [0.5, 0.6) is 0 Å². The van der Waals surface area contributed by atoms with Gasteiger partial charge in [-0.3, -0.25) is 0 Å². The average Bonchev–Trinajstić information content (AvgIpc) is 2.09. The van der Waals surface area contributed by atoms with Crippen LogP contribution in [0.3, 0.4) is 0 Å². The third-order valence-corrected chi connectivity index (χ3v) is 2.15. The van der Waals surface area contributed by atoms with E-state index in [2.05, 4.69) is 12.2 Å². The van der Waals surface area contributed by atoms with Crippen molar-refractivity contribution in [1.82, 2.24) is 0 Å². The van der Waals surface area contributed by atoms with Crippen molar-refractivity contribution >= 4 is 5.97 Å². The van der Waals surface area contributed by atoms with E-state index >= 15 is 0 Å². The van der Waals surface area contributed by atoms with Gasteiger partial charge in [-0.1, -0.05) is 12.2 Å². The van der Waals surface area contributed by atoms with Crippen LogP contribution in [0.1, 0.15) is 32.1 Å². The molecule has 0 saturated heterocycles. The molecule has 0 heterocycles. The van der Waals surface area contributed by atoms with Crippen molar-refractivity contribution in [3.05, 3.63) is 12.2 Å². The molecular weight excluding hydrogens is 168 g/mol. The number of rotatable bonds is 2. The second-order valence-electron chi connectivity index (χ2n) is 3.25. The summed E-state index contributed by atoms with van der Waals surface area (Å²) in [5.74, 6) is -0.505. The first kappa shape index (κ1) is 10.3. The summed E-state index contributed by atoms with van der Waals surface area (Å²) in [5, 5.41) is 8.50. The van der Waals surface area contributed by atoms with Crippen LogP contribution in [-0.2, 0) is 9.53 Å². The van der Waals surface area contributed by atoms with Crippen molar-refractivity contribution in [1.29, 1.82) is 0 Å². The van der Waals surface area contributed by atoms with Crippen LogP contribution >= 0.6 is 0 Å². The molecule has 3 heteroatoms. The van der Waals surface area contributed by atoms with Gasteiger partial charge in [-0.2, -0.15) is 0 Å². The molecule has 0 aromatic rings. The molecule has 0 spiro atoms. The molecule has 0 saturated carbocycles. The molecule has 0 aliphatic heterocycles. The standard InChI is InChI=1S/C10H16O3/c11-8-10(12)13-9-6-4-2-1-3-5-7-9/h1-2,9,11H,3-8H2. The van der Waals surface area contributed by atoms with Gasteiger partial charge in [-0.25, -0.2) is 4.79 Å². The number of aliphatic hydroxyl groups excluding tert-OH is 1. The SMILES string of the molecule is O=C(CO)OC1CCC=CCCC1. The summed E-state index contributed by atoms with van der Waals surface area (Å²) in [4.78, 5) is 10.8. The molecule has 1 N–H and O–H groups in total. The third kappa shape index (κ3) is 4.08. The quantitative estimate of drug-likeness (QED) is 0.521. The molecule has 0 aromatic heterocycles. The van der Waals surface area contributed by atoms with E-state index in [0.29, 0.717) is 0 Å². The van der Waals surface area contributed by atoms with Crippen molar-refractivity contribution in [2.45, 2.75) is 38.2 Å². The summed E-state index contributed by atoms with van der Waals surface area (Å²) in [6, 6.07) is 0. The molecule has 1 aliphatic rings. The Morgan fingerprint density at radius 1 is 1.38 bits per heavy atom. The molecule has 0 amide bonds. The molecule has 13 heavy (non-hydrogen) atoms. The van der Waals surface area contributed by atoms with Crippen LogP contribution in [0.4, 0.5) is 0 Å². The number of carbonyl (C=O) groups excluding carboxylic acids is 1. The van der Waals surface area contributed by atoms with E-state index < -0.39 is 12.6 Å². The Morgan fingerprint density at radius 2 is 2.15 bits per heavy atom. The number of carbonyl (C=O) groups is 1. The molecule has 0 bridgehead atoms. The fraction of sp³-hybridized carbons (Fsp3) is 0.700. The van der Waals surface area contributed by atoms with Crippen LogP contribution in [-0.4, -0.2) is 23.8 Å². The predicted octanol–water partition coefficient (Wildman–Crippen LogP) is 1.41. The number of aliphatic hydroxyl groups is 1. The van der Waals surface area contributed by atoms with E-state index in [1.165, 1.54) is 0 Å². The molecule has 0 radical (unpaired) electrons. The summed E-state index contributed by atoms with van der Waals surface area (Å²) in [7, 11) is 0. The molecule has 1 aliphatic carbocycles. The summed E-state index contributed by atoms with van der Waals surface area (Å²) in [5.41, 5.74) is 0. The molecule has 1 rings (SSSR count). The van der Waals surface area contributed by atoms with Gasteiger partial charge in [0.05, 0.1) is 0 Å². The highest BCUT2D eigenvalue weighted by atomic mass is 16.6. The zero-order valence-electron chi connectivity index (χ0n) is 7.74. The number of hydrogen-bond acceptors (Lipinski definition) is 3. The Balaban J connectivity index is 2.31. The highest BCUT2D eigenvalue weighted by Crippen LogP contribution is 2.15. The minimum Gasteiger partial charge on any atom is -0.461 e. The Kier molecular flexibility index (Phi) is 4.54. The van der Waals surface area contributed by atoms with Gasteiger partial charge in [0.15, 0.2) is 0 Å². The van der Waals surface area contributed by atoms with Crippen LogP contribution in [0.25, 0.3) is 0 Å². The maximum atomic E-state index is 10.8. The average molecular weight is 184 g/mol. The van der Waals surface area contributed by atoms with Crippen molar-refractivity contribution in [2.75, 3.05) is 6.61 Å². The number of ether oxygens (including phenoxy) is 1. The number of allylic oxidation sites excluding steroid dienone is 2. The Hall–Kier alpha value is -0.830. The zero-order chi connectivity index (χ0) is 9.52. The molecular formula is C10H16O3. The number of esters is 1. The maximum absolute atomic E-state index is 10.8. The lowest BCUT2D eigenvalue weighted by Gasteiger charge is -2.17.